The van der Waals surface area contributed by atoms with Crippen molar-refractivity contribution in [3.05, 3.63) is 0 Å². The number of likely N-dealkylation sites (N-methyl/N-ethyl adjacent to an activating group) is 1. The number of likely N-dealkylation sites (tertiary alicyclic amines) is 1. The van der Waals surface area contributed by atoms with Crippen LogP contribution in [0.1, 0.15) is 26.2 Å². The molecular formula is C15H27F3IN5O2. The monoisotopic (exact) mass is 493 g/mol. The average molecular weight is 493 g/mol. The Bertz CT molecular complexity index is 502. The van der Waals surface area contributed by atoms with Crippen LogP contribution in [0.15, 0.2) is 4.99 Å². The Morgan fingerprint density at radius 2 is 2.04 bits per heavy atom. The van der Waals surface area contributed by atoms with Crippen molar-refractivity contribution in [3.8, 4) is 0 Å². The van der Waals surface area contributed by atoms with Gasteiger partial charge in [-0.05, 0) is 25.7 Å². The van der Waals surface area contributed by atoms with Gasteiger partial charge in [0.2, 0.25) is 11.8 Å². The maximum atomic E-state index is 12.3. The summed E-state index contributed by atoms with van der Waals surface area (Å²) in [6.45, 7) is 2.02. The van der Waals surface area contributed by atoms with E-state index in [-0.39, 0.29) is 48.8 Å². The number of primary amides is 1. The highest BCUT2D eigenvalue weighted by Crippen LogP contribution is 2.19. The highest BCUT2D eigenvalue weighted by atomic mass is 127. The summed E-state index contributed by atoms with van der Waals surface area (Å²) in [7, 11) is 1.10. The summed E-state index contributed by atoms with van der Waals surface area (Å²) >= 11 is 0. The smallest absolute Gasteiger partial charge is 0.370 e. The van der Waals surface area contributed by atoms with Crippen LogP contribution in [0.25, 0.3) is 0 Å². The topological polar surface area (TPSA) is 91.0 Å². The van der Waals surface area contributed by atoms with E-state index in [1.54, 1.807) is 0 Å². The lowest BCUT2D eigenvalue weighted by molar-refractivity contribution is -0.157. The molecule has 1 rings (SSSR count). The molecular weight excluding hydrogens is 466 g/mol. The molecule has 0 bridgehead atoms. The first-order chi connectivity index (χ1) is 11.6. The van der Waals surface area contributed by atoms with E-state index in [2.05, 4.69) is 10.3 Å². The molecule has 3 N–H and O–H groups in total. The van der Waals surface area contributed by atoms with Gasteiger partial charge in [0.05, 0.1) is 0 Å². The van der Waals surface area contributed by atoms with Gasteiger partial charge in [-0.2, -0.15) is 13.2 Å². The Labute approximate surface area is 168 Å². The lowest BCUT2D eigenvalue weighted by Gasteiger charge is -2.34. The first kappa shape index (κ1) is 24.7. The molecule has 0 aromatic carbocycles. The van der Waals surface area contributed by atoms with Gasteiger partial charge < -0.3 is 20.9 Å². The van der Waals surface area contributed by atoms with Crippen LogP contribution in [-0.2, 0) is 9.59 Å². The molecule has 7 nitrogen and oxygen atoms in total. The molecule has 152 valence electrons. The number of halogens is 4. The number of aliphatic imine (C=N–C) groups is 1. The molecule has 0 saturated carbocycles. The van der Waals surface area contributed by atoms with Gasteiger partial charge in [-0.3, -0.25) is 9.59 Å². The Morgan fingerprint density at radius 1 is 1.38 bits per heavy atom. The molecule has 1 aliphatic rings. The maximum absolute atomic E-state index is 12.3. The minimum atomic E-state index is -4.44. The van der Waals surface area contributed by atoms with Crippen molar-refractivity contribution >= 4 is 41.8 Å². The lowest BCUT2D eigenvalue weighted by Crippen LogP contribution is -2.47. The minimum Gasteiger partial charge on any atom is -0.370 e. The first-order valence-corrected chi connectivity index (χ1v) is 8.24. The van der Waals surface area contributed by atoms with E-state index in [9.17, 15) is 22.8 Å². The third-order valence-electron chi connectivity index (χ3n) is 3.85. The number of guanidine groups is 1. The number of carbonyl (C=O) groups is 2. The van der Waals surface area contributed by atoms with Crippen LogP contribution in [0.5, 0.6) is 0 Å². The third-order valence-corrected chi connectivity index (χ3v) is 3.85. The van der Waals surface area contributed by atoms with Crippen molar-refractivity contribution in [3.63, 3.8) is 0 Å². The van der Waals surface area contributed by atoms with Gasteiger partial charge in [-0.25, -0.2) is 4.99 Å². The Morgan fingerprint density at radius 3 is 2.58 bits per heavy atom. The fourth-order valence-electron chi connectivity index (χ4n) is 2.75. The van der Waals surface area contributed by atoms with Crippen molar-refractivity contribution in [2.45, 2.75) is 32.4 Å². The molecule has 0 aliphatic carbocycles. The van der Waals surface area contributed by atoms with Crippen LogP contribution >= 0.6 is 24.0 Å². The van der Waals surface area contributed by atoms with Crippen LogP contribution < -0.4 is 11.1 Å². The molecule has 26 heavy (non-hydrogen) atoms. The van der Waals surface area contributed by atoms with E-state index in [0.717, 1.165) is 19.9 Å². The van der Waals surface area contributed by atoms with E-state index in [1.165, 1.54) is 0 Å². The number of nitrogens with zero attached hydrogens (tertiary/aromatic N) is 3. The zero-order valence-corrected chi connectivity index (χ0v) is 17.3. The number of nitrogens with two attached hydrogens (primary N) is 1. The summed E-state index contributed by atoms with van der Waals surface area (Å²) in [6, 6.07) is 0. The van der Waals surface area contributed by atoms with E-state index in [1.807, 2.05) is 11.8 Å². The number of amides is 2. The molecule has 0 radical (unpaired) electrons. The summed E-state index contributed by atoms with van der Waals surface area (Å²) in [5, 5.41) is 3.04. The summed E-state index contributed by atoms with van der Waals surface area (Å²) in [5.41, 5.74) is 5.24. The van der Waals surface area contributed by atoms with Crippen LogP contribution in [0.4, 0.5) is 13.2 Å². The first-order valence-electron chi connectivity index (χ1n) is 8.24. The average Bonchev–Trinajstić information content (AvgIpc) is 2.49. The second-order valence-corrected chi connectivity index (χ2v) is 6.16. The SMILES string of the molecule is CCNC(=NCC(=O)N(C)CC(F)(F)F)N1CCCC(CC(N)=O)C1.I. The predicted octanol–water partition coefficient (Wildman–Crippen LogP) is 1.18. The Balaban J connectivity index is 0.00000625. The maximum Gasteiger partial charge on any atom is 0.406 e. The Kier molecular flexibility index (Phi) is 10.9. The number of alkyl halides is 3. The van der Waals surface area contributed by atoms with Crippen molar-refractivity contribution in [1.29, 1.82) is 0 Å². The number of hydrogen-bond donors (Lipinski definition) is 2. The summed E-state index contributed by atoms with van der Waals surface area (Å²) < 4.78 is 37.0. The fourth-order valence-corrected chi connectivity index (χ4v) is 2.75. The molecule has 1 unspecified atom stereocenters. The molecule has 11 heteroatoms. The van der Waals surface area contributed by atoms with E-state index in [0.29, 0.717) is 30.5 Å². The number of carbonyl (C=O) groups excluding carboxylic acids is 2. The lowest BCUT2D eigenvalue weighted by atomic mass is 9.95. The van der Waals surface area contributed by atoms with Crippen LogP contribution in [-0.4, -0.2) is 73.5 Å². The van der Waals surface area contributed by atoms with Crippen LogP contribution in [0.2, 0.25) is 0 Å². The third kappa shape index (κ3) is 9.43. The number of piperidine rings is 1. The molecule has 0 aromatic heterocycles. The molecule has 0 aromatic rings. The molecule has 1 fully saturated rings. The summed E-state index contributed by atoms with van der Waals surface area (Å²) in [5.74, 6) is -0.500. The number of rotatable bonds is 6. The standard InChI is InChI=1S/C15H26F3N5O2.HI/c1-3-20-14(21-8-13(25)22(2)10-15(16,17)18)23-6-4-5-11(9-23)7-12(19)24;/h11H,3-10H2,1-2H3,(H2,19,24)(H,20,21);1H. The highest BCUT2D eigenvalue weighted by molar-refractivity contribution is 14.0. The summed E-state index contributed by atoms with van der Waals surface area (Å²) in [6.07, 6.45) is -2.42. The molecule has 2 amide bonds. The molecule has 1 saturated heterocycles. The normalized spacial score (nSPS) is 18.1. The van der Waals surface area contributed by atoms with Gasteiger partial charge in [-0.1, -0.05) is 0 Å². The minimum absolute atomic E-state index is 0. The van der Waals surface area contributed by atoms with Gasteiger partial charge in [0.25, 0.3) is 0 Å². The second kappa shape index (κ2) is 11.4. The Hall–Kier alpha value is -1.27. The van der Waals surface area contributed by atoms with Gasteiger partial charge in [-0.15, -0.1) is 24.0 Å². The van der Waals surface area contributed by atoms with E-state index < -0.39 is 18.6 Å². The molecule has 1 heterocycles. The molecule has 1 atom stereocenters. The van der Waals surface area contributed by atoms with Gasteiger partial charge in [0, 0.05) is 33.1 Å². The summed E-state index contributed by atoms with van der Waals surface area (Å²) in [4.78, 5) is 29.6. The van der Waals surface area contributed by atoms with Crippen molar-refractivity contribution in [1.82, 2.24) is 15.1 Å². The van der Waals surface area contributed by atoms with Gasteiger partial charge in [0.1, 0.15) is 13.1 Å². The zero-order valence-electron chi connectivity index (χ0n) is 15.0. The fraction of sp³-hybridized carbons (Fsp3) is 0.800. The van der Waals surface area contributed by atoms with E-state index in [4.69, 9.17) is 5.73 Å². The van der Waals surface area contributed by atoms with Crippen molar-refractivity contribution < 1.29 is 22.8 Å². The van der Waals surface area contributed by atoms with Gasteiger partial charge >= 0.3 is 6.18 Å². The van der Waals surface area contributed by atoms with Crippen molar-refractivity contribution in [2.75, 3.05) is 39.8 Å². The molecule has 0 spiro atoms. The quantitative estimate of drug-likeness (QED) is 0.331. The van der Waals surface area contributed by atoms with Crippen LogP contribution in [0.3, 0.4) is 0 Å². The van der Waals surface area contributed by atoms with Crippen LogP contribution in [0, 0.1) is 5.92 Å². The number of hydrogen-bond acceptors (Lipinski definition) is 3. The van der Waals surface area contributed by atoms with E-state index >= 15 is 0 Å². The van der Waals surface area contributed by atoms with Crippen molar-refractivity contribution in [2.24, 2.45) is 16.6 Å². The number of nitrogens with one attached hydrogen (secondary N) is 1. The second-order valence-electron chi connectivity index (χ2n) is 6.16. The van der Waals surface area contributed by atoms with Gasteiger partial charge in [0.15, 0.2) is 5.96 Å². The highest BCUT2D eigenvalue weighted by Gasteiger charge is 2.31. The zero-order chi connectivity index (χ0) is 19.0. The largest absolute Gasteiger partial charge is 0.406 e. The molecule has 1 aliphatic heterocycles. The predicted molar refractivity (Wildman–Crippen MR) is 103 cm³/mol.